The highest BCUT2D eigenvalue weighted by atomic mass is 16.5. The van der Waals surface area contributed by atoms with Gasteiger partial charge in [0.2, 0.25) is 11.8 Å². The van der Waals surface area contributed by atoms with E-state index in [0.29, 0.717) is 29.3 Å². The molecule has 1 heterocycles. The molecular weight excluding hydrogens is 422 g/mol. The van der Waals surface area contributed by atoms with Gasteiger partial charge in [0.15, 0.2) is 0 Å². The Labute approximate surface area is 191 Å². The summed E-state index contributed by atoms with van der Waals surface area (Å²) < 4.78 is 10.5. The molecule has 3 aromatic rings. The number of carbonyl (C=O) groups excluding carboxylic acids is 3. The van der Waals surface area contributed by atoms with Crippen molar-refractivity contribution in [2.45, 2.75) is 13.3 Å². The van der Waals surface area contributed by atoms with Crippen molar-refractivity contribution < 1.29 is 23.5 Å². The molecule has 33 heavy (non-hydrogen) atoms. The fourth-order valence-electron chi connectivity index (χ4n) is 2.83. The van der Waals surface area contributed by atoms with Crippen LogP contribution in [0, 0.1) is 0 Å². The average molecular weight is 447 g/mol. The summed E-state index contributed by atoms with van der Waals surface area (Å²) in [6, 6.07) is 17.1. The van der Waals surface area contributed by atoms with Crippen molar-refractivity contribution in [2.24, 2.45) is 0 Å². The Kier molecular flexibility index (Phi) is 8.41. The fourth-order valence-corrected chi connectivity index (χ4v) is 2.83. The molecule has 0 aliphatic rings. The highest BCUT2D eigenvalue weighted by Crippen LogP contribution is 2.17. The number of nitrogens with one attached hydrogen (secondary N) is 3. The first-order valence-corrected chi connectivity index (χ1v) is 10.5. The van der Waals surface area contributed by atoms with E-state index in [4.69, 9.17) is 9.15 Å². The Morgan fingerprint density at radius 3 is 2.30 bits per heavy atom. The van der Waals surface area contributed by atoms with Crippen molar-refractivity contribution in [3.8, 4) is 5.75 Å². The van der Waals surface area contributed by atoms with Crippen LogP contribution in [0.5, 0.6) is 5.75 Å². The minimum Gasteiger partial charge on any atom is -0.494 e. The molecule has 3 N–H and O–H groups in total. The van der Waals surface area contributed by atoms with E-state index < -0.39 is 0 Å². The summed E-state index contributed by atoms with van der Waals surface area (Å²) >= 11 is 0. The molecule has 8 heteroatoms. The fraction of sp³-hybridized carbons (Fsp3) is 0.160. The van der Waals surface area contributed by atoms with Gasteiger partial charge in [0.05, 0.1) is 12.9 Å². The van der Waals surface area contributed by atoms with Gasteiger partial charge in [0.1, 0.15) is 11.5 Å². The second-order valence-corrected chi connectivity index (χ2v) is 6.93. The lowest BCUT2D eigenvalue weighted by atomic mass is 10.2. The molecule has 2 aromatic carbocycles. The predicted molar refractivity (Wildman–Crippen MR) is 126 cm³/mol. The van der Waals surface area contributed by atoms with Gasteiger partial charge in [-0.2, -0.15) is 0 Å². The van der Waals surface area contributed by atoms with Crippen molar-refractivity contribution >= 4 is 35.2 Å². The van der Waals surface area contributed by atoms with Gasteiger partial charge in [-0.25, -0.2) is 0 Å². The van der Waals surface area contributed by atoms with Gasteiger partial charge in [-0.1, -0.05) is 0 Å². The largest absolute Gasteiger partial charge is 0.494 e. The number of furan rings is 1. The Morgan fingerprint density at radius 1 is 0.939 bits per heavy atom. The van der Waals surface area contributed by atoms with E-state index in [1.54, 1.807) is 66.7 Å². The van der Waals surface area contributed by atoms with Crippen LogP contribution >= 0.6 is 0 Å². The second kappa shape index (κ2) is 11.9. The molecule has 0 spiro atoms. The summed E-state index contributed by atoms with van der Waals surface area (Å²) in [5.74, 6) is 0.473. The molecule has 0 saturated carbocycles. The topological polar surface area (TPSA) is 110 Å². The minimum atomic E-state index is -0.318. The van der Waals surface area contributed by atoms with Crippen molar-refractivity contribution in [1.82, 2.24) is 5.32 Å². The van der Waals surface area contributed by atoms with Gasteiger partial charge in [0, 0.05) is 36.0 Å². The van der Waals surface area contributed by atoms with Crippen LogP contribution in [0.2, 0.25) is 0 Å². The van der Waals surface area contributed by atoms with E-state index >= 15 is 0 Å². The van der Waals surface area contributed by atoms with E-state index in [0.717, 1.165) is 5.75 Å². The van der Waals surface area contributed by atoms with Crippen LogP contribution in [0.15, 0.2) is 77.4 Å². The maximum absolute atomic E-state index is 12.4. The Hall–Kier alpha value is -4.33. The van der Waals surface area contributed by atoms with Crippen LogP contribution < -0.4 is 20.7 Å². The molecule has 0 radical (unpaired) electrons. The molecule has 0 unspecified atom stereocenters. The smallest absolute Gasteiger partial charge is 0.255 e. The maximum Gasteiger partial charge on any atom is 0.255 e. The monoisotopic (exact) mass is 447 g/mol. The predicted octanol–water partition coefficient (Wildman–Crippen LogP) is 4.09. The van der Waals surface area contributed by atoms with Crippen LogP contribution in [-0.4, -0.2) is 30.9 Å². The lowest BCUT2D eigenvalue weighted by Crippen LogP contribution is -2.26. The van der Waals surface area contributed by atoms with Gasteiger partial charge >= 0.3 is 0 Å². The summed E-state index contributed by atoms with van der Waals surface area (Å²) in [6.07, 6.45) is 4.51. The second-order valence-electron chi connectivity index (χ2n) is 6.93. The quantitative estimate of drug-likeness (QED) is 0.406. The number of benzene rings is 2. The highest BCUT2D eigenvalue weighted by Gasteiger charge is 2.08. The van der Waals surface area contributed by atoms with Crippen molar-refractivity contribution in [1.29, 1.82) is 0 Å². The van der Waals surface area contributed by atoms with Crippen LogP contribution in [0.3, 0.4) is 0 Å². The Morgan fingerprint density at radius 2 is 1.64 bits per heavy atom. The van der Waals surface area contributed by atoms with Crippen molar-refractivity contribution in [2.75, 3.05) is 23.8 Å². The molecule has 0 saturated heterocycles. The van der Waals surface area contributed by atoms with E-state index in [1.165, 1.54) is 12.3 Å². The maximum atomic E-state index is 12.4. The summed E-state index contributed by atoms with van der Waals surface area (Å²) in [4.78, 5) is 36.2. The minimum absolute atomic E-state index is 0.111. The van der Waals surface area contributed by atoms with E-state index in [9.17, 15) is 14.4 Å². The number of rotatable bonds is 10. The standard InChI is InChI=1S/C25H25N3O5/c1-2-32-22-11-9-20(10-12-22)28-25(31)18-5-7-19(8-6-18)27-24(30)15-16-26-23(29)14-13-21-4-3-17-33-21/h3-14,17H,2,15-16H2,1H3,(H,26,29)(H,27,30)(H,28,31)/b14-13+. The van der Waals surface area contributed by atoms with E-state index in [2.05, 4.69) is 16.0 Å². The first-order valence-electron chi connectivity index (χ1n) is 10.5. The van der Waals surface area contributed by atoms with Crippen LogP contribution in [0.4, 0.5) is 11.4 Å². The lowest BCUT2D eigenvalue weighted by molar-refractivity contribution is -0.117. The van der Waals surface area contributed by atoms with Gasteiger partial charge in [0.25, 0.3) is 5.91 Å². The van der Waals surface area contributed by atoms with Crippen LogP contribution in [0.1, 0.15) is 29.5 Å². The normalized spacial score (nSPS) is 10.6. The molecule has 0 aliphatic carbocycles. The molecule has 0 atom stereocenters. The third-order valence-electron chi connectivity index (χ3n) is 4.45. The third-order valence-corrected chi connectivity index (χ3v) is 4.45. The summed E-state index contributed by atoms with van der Waals surface area (Å²) in [7, 11) is 0. The average Bonchev–Trinajstić information content (AvgIpc) is 3.33. The van der Waals surface area contributed by atoms with E-state index in [-0.39, 0.29) is 30.7 Å². The summed E-state index contributed by atoms with van der Waals surface area (Å²) in [5, 5.41) is 8.18. The molecule has 0 aliphatic heterocycles. The van der Waals surface area contributed by atoms with Gasteiger partial charge in [-0.15, -0.1) is 0 Å². The molecule has 3 rings (SSSR count). The van der Waals surface area contributed by atoms with Crippen LogP contribution in [-0.2, 0) is 9.59 Å². The molecule has 170 valence electrons. The number of amides is 3. The first-order chi connectivity index (χ1) is 16.0. The SMILES string of the molecule is CCOc1ccc(NC(=O)c2ccc(NC(=O)CCNC(=O)/C=C/c3ccco3)cc2)cc1. The zero-order valence-corrected chi connectivity index (χ0v) is 18.2. The lowest BCUT2D eigenvalue weighted by Gasteiger charge is -2.09. The molecule has 8 nitrogen and oxygen atoms in total. The summed E-state index contributed by atoms with van der Waals surface area (Å²) in [5.41, 5.74) is 1.67. The van der Waals surface area contributed by atoms with E-state index in [1.807, 2.05) is 6.92 Å². The van der Waals surface area contributed by atoms with Crippen molar-refractivity contribution in [3.05, 3.63) is 84.3 Å². The highest BCUT2D eigenvalue weighted by molar-refractivity contribution is 6.04. The Bertz CT molecular complexity index is 1090. The number of ether oxygens (including phenoxy) is 1. The Balaban J connectivity index is 1.41. The van der Waals surface area contributed by atoms with Gasteiger partial charge in [-0.3, -0.25) is 14.4 Å². The molecular formula is C25H25N3O5. The van der Waals surface area contributed by atoms with Gasteiger partial charge < -0.3 is 25.1 Å². The summed E-state index contributed by atoms with van der Waals surface area (Å²) in [6.45, 7) is 2.67. The number of carbonyl (C=O) groups is 3. The van der Waals surface area contributed by atoms with Crippen molar-refractivity contribution in [3.63, 3.8) is 0 Å². The molecule has 0 bridgehead atoms. The molecule has 0 fully saturated rings. The number of anilines is 2. The zero-order valence-electron chi connectivity index (χ0n) is 18.2. The first kappa shape index (κ1) is 23.3. The zero-order chi connectivity index (χ0) is 23.5. The number of hydrogen-bond donors (Lipinski definition) is 3. The molecule has 3 amide bonds. The molecule has 1 aromatic heterocycles. The third kappa shape index (κ3) is 7.70. The van der Waals surface area contributed by atoms with Crippen LogP contribution in [0.25, 0.3) is 6.08 Å². The number of hydrogen-bond acceptors (Lipinski definition) is 5. The van der Waals surface area contributed by atoms with Gasteiger partial charge in [-0.05, 0) is 73.7 Å².